The molecular formula is C24H18BF6N3O5. The predicted molar refractivity (Wildman–Crippen MR) is 121 cm³/mol. The molecule has 4 rings (SSSR count). The molecule has 1 atom stereocenters. The van der Waals surface area contributed by atoms with Gasteiger partial charge in [0.2, 0.25) is 11.8 Å². The van der Waals surface area contributed by atoms with Gasteiger partial charge < -0.3 is 15.0 Å². The Morgan fingerprint density at radius 3 is 2.49 bits per heavy atom. The third-order valence-electron chi connectivity index (χ3n) is 6.25. The van der Waals surface area contributed by atoms with Gasteiger partial charge in [-0.1, -0.05) is 12.1 Å². The highest BCUT2D eigenvalue weighted by Crippen LogP contribution is 2.37. The van der Waals surface area contributed by atoms with Crippen LogP contribution in [0.1, 0.15) is 39.9 Å². The number of benzene rings is 2. The van der Waals surface area contributed by atoms with Gasteiger partial charge >= 0.3 is 12.1 Å². The lowest BCUT2D eigenvalue weighted by Crippen LogP contribution is -2.63. The highest BCUT2D eigenvalue weighted by atomic mass is 19.4. The summed E-state index contributed by atoms with van der Waals surface area (Å²) in [5.41, 5.74) is -2.20. The molecule has 0 aliphatic carbocycles. The van der Waals surface area contributed by atoms with Crippen LogP contribution in [0.3, 0.4) is 0 Å². The molecule has 1 fully saturated rings. The van der Waals surface area contributed by atoms with Crippen molar-refractivity contribution in [1.29, 1.82) is 0 Å². The second-order valence-corrected chi connectivity index (χ2v) is 8.99. The quantitative estimate of drug-likeness (QED) is 0.312. The molecular weight excluding hydrogens is 535 g/mol. The number of hydrogen-bond acceptors (Lipinski definition) is 5. The summed E-state index contributed by atoms with van der Waals surface area (Å²) < 4.78 is 85.0. The maximum atomic E-state index is 14.9. The molecule has 2 aromatic rings. The average Bonchev–Trinajstić information content (AvgIpc) is 3.19. The number of halogens is 6. The number of imide groups is 1. The normalized spacial score (nSPS) is 19.5. The SMILES string of the molecule is [B][C@@]1(N2Cc3cc(CNC(=O)C(F)(F)c4ccc(F)cc4OCC(F)(F)F)ccc3C2=O)CCC(=O)NC1=O. The van der Waals surface area contributed by atoms with E-state index in [1.807, 2.05) is 5.32 Å². The van der Waals surface area contributed by atoms with Gasteiger partial charge in [0.1, 0.15) is 19.4 Å². The third-order valence-corrected chi connectivity index (χ3v) is 6.25. The summed E-state index contributed by atoms with van der Waals surface area (Å²) in [4.78, 5) is 50.1. The number of fused-ring (bicyclic) bond motifs is 1. The van der Waals surface area contributed by atoms with Gasteiger partial charge in [-0.3, -0.25) is 24.5 Å². The fourth-order valence-electron chi connectivity index (χ4n) is 4.23. The van der Waals surface area contributed by atoms with Crippen molar-refractivity contribution < 1.29 is 50.3 Å². The van der Waals surface area contributed by atoms with Gasteiger partial charge in [-0.25, -0.2) is 4.39 Å². The van der Waals surface area contributed by atoms with Crippen LogP contribution < -0.4 is 15.4 Å². The second-order valence-electron chi connectivity index (χ2n) is 8.99. The van der Waals surface area contributed by atoms with Crippen molar-refractivity contribution in [2.75, 3.05) is 6.61 Å². The molecule has 15 heteroatoms. The van der Waals surface area contributed by atoms with E-state index in [9.17, 15) is 45.5 Å². The van der Waals surface area contributed by atoms with Gasteiger partial charge in [0.25, 0.3) is 11.8 Å². The number of nitrogens with zero attached hydrogens (tertiary/aromatic N) is 1. The molecule has 0 bridgehead atoms. The van der Waals surface area contributed by atoms with E-state index >= 15 is 0 Å². The van der Waals surface area contributed by atoms with E-state index in [4.69, 9.17) is 7.85 Å². The number of rotatable bonds is 7. The molecule has 2 aliphatic heterocycles. The first-order chi connectivity index (χ1) is 18.1. The lowest BCUT2D eigenvalue weighted by molar-refractivity contribution is -0.155. The minimum absolute atomic E-state index is 0.0785. The molecule has 1 saturated heterocycles. The van der Waals surface area contributed by atoms with Crippen LogP contribution in [0, 0.1) is 5.82 Å². The van der Waals surface area contributed by atoms with E-state index in [1.165, 1.54) is 18.2 Å². The molecule has 39 heavy (non-hydrogen) atoms. The average molecular weight is 553 g/mol. The summed E-state index contributed by atoms with van der Waals surface area (Å²) in [6, 6.07) is 5.47. The molecule has 2 aliphatic rings. The van der Waals surface area contributed by atoms with Gasteiger partial charge in [-0.15, -0.1) is 0 Å². The number of nitrogens with one attached hydrogen (secondary N) is 2. The minimum Gasteiger partial charge on any atom is -0.483 e. The van der Waals surface area contributed by atoms with Crippen LogP contribution in [0.2, 0.25) is 0 Å². The zero-order valence-electron chi connectivity index (χ0n) is 19.8. The minimum atomic E-state index is -4.90. The molecule has 0 unspecified atom stereocenters. The van der Waals surface area contributed by atoms with Crippen LogP contribution in [-0.2, 0) is 33.4 Å². The topological polar surface area (TPSA) is 105 Å². The third kappa shape index (κ3) is 5.57. The number of amides is 4. The molecule has 2 N–H and O–H groups in total. The number of carbonyl (C=O) groups is 4. The zero-order valence-corrected chi connectivity index (χ0v) is 19.8. The van der Waals surface area contributed by atoms with Crippen LogP contribution in [0.25, 0.3) is 0 Å². The van der Waals surface area contributed by atoms with Gasteiger partial charge in [-0.2, -0.15) is 22.0 Å². The van der Waals surface area contributed by atoms with E-state index in [1.54, 1.807) is 0 Å². The van der Waals surface area contributed by atoms with E-state index in [0.717, 1.165) is 4.90 Å². The van der Waals surface area contributed by atoms with Crippen LogP contribution in [0.5, 0.6) is 5.75 Å². The lowest BCUT2D eigenvalue weighted by atomic mass is 9.70. The molecule has 8 nitrogen and oxygen atoms in total. The van der Waals surface area contributed by atoms with Gasteiger partial charge in [0.15, 0.2) is 6.61 Å². The standard InChI is InChI=1S/C24H18BF6N3O5/c25-22(6-5-18(35)33-20(22)37)34-10-13-7-12(1-3-15(13)19(34)36)9-32-21(38)24(30,31)16-4-2-14(26)8-17(16)39-11-23(27,28)29/h1-4,7-8H,5-6,9-11H2,(H,32,38)(H,33,35,37)/t22-/m1/s1. The summed E-state index contributed by atoms with van der Waals surface area (Å²) in [5.74, 6) is -10.5. The van der Waals surface area contributed by atoms with E-state index in [2.05, 4.69) is 10.1 Å². The molecule has 0 spiro atoms. The Hall–Kier alpha value is -4.04. The van der Waals surface area contributed by atoms with Gasteiger partial charge in [-0.05, 0) is 35.7 Å². The first kappa shape index (κ1) is 28.0. The summed E-state index contributed by atoms with van der Waals surface area (Å²) >= 11 is 0. The molecule has 204 valence electrons. The second kappa shape index (κ2) is 9.93. The van der Waals surface area contributed by atoms with Crippen molar-refractivity contribution in [2.24, 2.45) is 0 Å². The number of piperidine rings is 1. The van der Waals surface area contributed by atoms with Crippen molar-refractivity contribution in [1.82, 2.24) is 15.5 Å². The van der Waals surface area contributed by atoms with Crippen LogP contribution >= 0.6 is 0 Å². The van der Waals surface area contributed by atoms with Crippen molar-refractivity contribution in [3.8, 4) is 5.75 Å². The fourth-order valence-corrected chi connectivity index (χ4v) is 4.23. The van der Waals surface area contributed by atoms with Crippen LogP contribution in [0.15, 0.2) is 36.4 Å². The lowest BCUT2D eigenvalue weighted by Gasteiger charge is -2.40. The largest absolute Gasteiger partial charge is 0.483 e. The Balaban J connectivity index is 1.47. The monoisotopic (exact) mass is 553 g/mol. The maximum absolute atomic E-state index is 14.9. The predicted octanol–water partition coefficient (Wildman–Crippen LogP) is 2.43. The summed E-state index contributed by atoms with van der Waals surface area (Å²) in [6.45, 7) is -2.58. The molecule has 0 saturated carbocycles. The zero-order chi connectivity index (χ0) is 28.8. The van der Waals surface area contributed by atoms with Crippen molar-refractivity contribution in [2.45, 2.75) is 43.5 Å². The van der Waals surface area contributed by atoms with Gasteiger partial charge in [0, 0.05) is 31.1 Å². The Kier molecular flexibility index (Phi) is 7.13. The Morgan fingerprint density at radius 1 is 1.10 bits per heavy atom. The summed E-state index contributed by atoms with van der Waals surface area (Å²) in [5, 5.41) is 4.05. The van der Waals surface area contributed by atoms with E-state index in [-0.39, 0.29) is 30.5 Å². The Labute approximate surface area is 218 Å². The summed E-state index contributed by atoms with van der Waals surface area (Å²) in [6.07, 6.45) is -5.08. The number of ether oxygens (including phenoxy) is 1. The van der Waals surface area contributed by atoms with Crippen LogP contribution in [-0.4, -0.2) is 54.6 Å². The van der Waals surface area contributed by atoms with Crippen molar-refractivity contribution in [3.63, 3.8) is 0 Å². The van der Waals surface area contributed by atoms with Crippen molar-refractivity contribution >= 4 is 31.5 Å². The first-order valence-corrected chi connectivity index (χ1v) is 11.3. The molecule has 0 aromatic heterocycles. The maximum Gasteiger partial charge on any atom is 0.422 e. The molecule has 2 aromatic carbocycles. The molecule has 4 amide bonds. The Morgan fingerprint density at radius 2 is 1.82 bits per heavy atom. The van der Waals surface area contributed by atoms with Crippen LogP contribution in [0.4, 0.5) is 26.3 Å². The number of alkyl halides is 5. The number of carbonyl (C=O) groups excluding carboxylic acids is 4. The highest BCUT2D eigenvalue weighted by molar-refractivity contribution is 6.32. The molecule has 2 heterocycles. The van der Waals surface area contributed by atoms with Gasteiger partial charge in [0.05, 0.1) is 11.0 Å². The fraction of sp³-hybridized carbons (Fsp3) is 0.333. The van der Waals surface area contributed by atoms with Crippen molar-refractivity contribution in [3.05, 3.63) is 64.5 Å². The first-order valence-electron chi connectivity index (χ1n) is 11.3. The number of hydrogen-bond donors (Lipinski definition) is 2. The summed E-state index contributed by atoms with van der Waals surface area (Å²) in [7, 11) is 6.15. The van der Waals surface area contributed by atoms with E-state index < -0.39 is 71.4 Å². The smallest absolute Gasteiger partial charge is 0.422 e. The van der Waals surface area contributed by atoms with E-state index in [0.29, 0.717) is 23.8 Å². The Bertz CT molecular complexity index is 1370. The molecule has 2 radical (unpaired) electrons. The highest BCUT2D eigenvalue weighted by Gasteiger charge is 2.48.